The highest BCUT2D eigenvalue weighted by molar-refractivity contribution is 5.91. The second kappa shape index (κ2) is 16.6. The topological polar surface area (TPSA) is 61.4 Å². The lowest BCUT2D eigenvalue weighted by atomic mass is 9.86. The van der Waals surface area contributed by atoms with Crippen LogP contribution in [0.3, 0.4) is 0 Å². The molecule has 6 nitrogen and oxygen atoms in total. The zero-order chi connectivity index (χ0) is 40.9. The van der Waals surface area contributed by atoms with Gasteiger partial charge in [-0.3, -0.25) is 9.13 Å². The maximum atomic E-state index is 4.63. The molecular weight excluding hydrogens is 733 g/mol. The van der Waals surface area contributed by atoms with Crippen LogP contribution in [-0.2, 0) is 5.41 Å². The summed E-state index contributed by atoms with van der Waals surface area (Å²) in [5, 5.41) is 20.7. The minimum atomic E-state index is 0.108. The van der Waals surface area contributed by atoms with Crippen LogP contribution in [0.15, 0.2) is 212 Å². The number of hydrogen-bond donors (Lipinski definition) is 0. The molecule has 2 aromatic heterocycles. The molecule has 0 fully saturated rings. The van der Waals surface area contributed by atoms with Crippen molar-refractivity contribution in [3.63, 3.8) is 0 Å². The summed E-state index contributed by atoms with van der Waals surface area (Å²) in [6.07, 6.45) is 0. The number of benzene rings is 8. The SMILES string of the molecule is CC(C)(C)c1ccc(-c2nnc(-c3ccc(-c4ccccc4)cc3)n2-c2ccccc2)cc1.c1ccc(-c2nnc(-c3ccccc3)n2-c2cccc3ccccc23)cc1. The van der Waals surface area contributed by atoms with Crippen molar-refractivity contribution in [3.8, 4) is 68.1 Å². The van der Waals surface area contributed by atoms with E-state index >= 15 is 0 Å². The Bertz CT molecular complexity index is 2900. The molecule has 0 aliphatic carbocycles. The Labute approximate surface area is 351 Å². The Hall–Kier alpha value is -7.70. The lowest BCUT2D eigenvalue weighted by Gasteiger charge is -2.19. The first kappa shape index (κ1) is 37.9. The number of aromatic nitrogens is 6. The van der Waals surface area contributed by atoms with Gasteiger partial charge in [-0.15, -0.1) is 20.4 Å². The van der Waals surface area contributed by atoms with Crippen molar-refractivity contribution < 1.29 is 0 Å². The van der Waals surface area contributed by atoms with Crippen LogP contribution in [0.4, 0.5) is 0 Å². The van der Waals surface area contributed by atoms with Crippen molar-refractivity contribution in [1.29, 1.82) is 0 Å². The van der Waals surface area contributed by atoms with E-state index in [0.29, 0.717) is 0 Å². The summed E-state index contributed by atoms with van der Waals surface area (Å²) in [7, 11) is 0. The molecule has 0 aliphatic rings. The van der Waals surface area contributed by atoms with Crippen LogP contribution in [0.1, 0.15) is 26.3 Å². The molecule has 0 spiro atoms. The average Bonchev–Trinajstić information content (AvgIpc) is 3.96. The molecule has 0 radical (unpaired) electrons. The van der Waals surface area contributed by atoms with Gasteiger partial charge in [-0.05, 0) is 45.7 Å². The monoisotopic (exact) mass is 776 g/mol. The van der Waals surface area contributed by atoms with Gasteiger partial charge >= 0.3 is 0 Å². The Morgan fingerprint density at radius 2 is 0.683 bits per heavy atom. The van der Waals surface area contributed by atoms with Gasteiger partial charge in [0.25, 0.3) is 0 Å². The van der Waals surface area contributed by atoms with Crippen molar-refractivity contribution in [2.45, 2.75) is 26.2 Å². The molecule has 0 amide bonds. The molecule has 8 aromatic carbocycles. The van der Waals surface area contributed by atoms with E-state index in [1.165, 1.54) is 27.5 Å². The normalized spacial score (nSPS) is 11.2. The van der Waals surface area contributed by atoms with Crippen molar-refractivity contribution in [2.75, 3.05) is 0 Å². The molecule has 0 saturated heterocycles. The van der Waals surface area contributed by atoms with E-state index in [1.807, 2.05) is 60.7 Å². The summed E-state index contributed by atoms with van der Waals surface area (Å²) in [4.78, 5) is 0. The highest BCUT2D eigenvalue weighted by atomic mass is 15.3. The number of fused-ring (bicyclic) bond motifs is 1. The Balaban J connectivity index is 0.000000157. The van der Waals surface area contributed by atoms with E-state index in [2.05, 4.69) is 202 Å². The van der Waals surface area contributed by atoms with Gasteiger partial charge in [0, 0.05) is 33.3 Å². The first-order valence-electron chi connectivity index (χ1n) is 20.2. The highest BCUT2D eigenvalue weighted by Gasteiger charge is 2.20. The molecule has 0 unspecified atom stereocenters. The van der Waals surface area contributed by atoms with Gasteiger partial charge in [0.15, 0.2) is 23.3 Å². The summed E-state index contributed by atoms with van der Waals surface area (Å²) in [5.41, 5.74) is 10.1. The number of hydrogen-bond acceptors (Lipinski definition) is 4. The molecule has 60 heavy (non-hydrogen) atoms. The summed E-state index contributed by atoms with van der Waals surface area (Å²) >= 11 is 0. The van der Waals surface area contributed by atoms with E-state index in [1.54, 1.807) is 0 Å². The first-order chi connectivity index (χ1) is 29.4. The van der Waals surface area contributed by atoms with E-state index in [4.69, 9.17) is 0 Å². The van der Waals surface area contributed by atoms with Gasteiger partial charge in [-0.1, -0.05) is 215 Å². The quantitative estimate of drug-likeness (QED) is 0.162. The van der Waals surface area contributed by atoms with Gasteiger partial charge < -0.3 is 0 Å². The maximum Gasteiger partial charge on any atom is 0.168 e. The molecule has 290 valence electrons. The zero-order valence-electron chi connectivity index (χ0n) is 33.9. The molecule has 0 N–H and O–H groups in total. The van der Waals surface area contributed by atoms with Crippen molar-refractivity contribution in [3.05, 3.63) is 218 Å². The fourth-order valence-corrected chi connectivity index (χ4v) is 7.51. The molecule has 0 saturated carbocycles. The van der Waals surface area contributed by atoms with Gasteiger partial charge in [0.1, 0.15) is 0 Å². The van der Waals surface area contributed by atoms with E-state index in [9.17, 15) is 0 Å². The molecule has 2 heterocycles. The smallest absolute Gasteiger partial charge is 0.168 e. The largest absolute Gasteiger partial charge is 0.275 e. The fourth-order valence-electron chi connectivity index (χ4n) is 7.51. The lowest BCUT2D eigenvalue weighted by molar-refractivity contribution is 0.590. The van der Waals surface area contributed by atoms with Crippen molar-refractivity contribution in [2.24, 2.45) is 0 Å². The second-order valence-corrected chi connectivity index (χ2v) is 15.7. The number of para-hydroxylation sites is 1. The third kappa shape index (κ3) is 7.79. The third-order valence-electron chi connectivity index (χ3n) is 10.7. The fraction of sp³-hybridized carbons (Fsp3) is 0.0741. The molecule has 10 aromatic rings. The van der Waals surface area contributed by atoms with Crippen LogP contribution >= 0.6 is 0 Å². The molecule has 0 atom stereocenters. The van der Waals surface area contributed by atoms with Crippen molar-refractivity contribution in [1.82, 2.24) is 29.5 Å². The van der Waals surface area contributed by atoms with Crippen LogP contribution in [0, 0.1) is 0 Å². The standard InChI is InChI=1S/C30H27N3.C24H17N3/c1-30(2,3)26-20-18-25(19-21-26)29-32-31-28(33(29)27-12-8-5-9-13-27)24-16-14-23(15-17-24)22-10-6-4-7-11-22;1-3-11-19(12-4-1)23-25-26-24(20-13-5-2-6-14-20)27(23)22-17-9-15-18-10-7-8-16-21(18)22/h4-21H,1-3H3;1-17H. The predicted molar refractivity (Wildman–Crippen MR) is 246 cm³/mol. The molecule has 0 aliphatic heterocycles. The Morgan fingerprint density at radius 3 is 1.20 bits per heavy atom. The lowest BCUT2D eigenvalue weighted by Crippen LogP contribution is -2.10. The van der Waals surface area contributed by atoms with E-state index in [0.717, 1.165) is 56.9 Å². The Kier molecular flexibility index (Phi) is 10.5. The minimum absolute atomic E-state index is 0.108. The van der Waals surface area contributed by atoms with Crippen LogP contribution in [0.5, 0.6) is 0 Å². The van der Waals surface area contributed by atoms with Crippen LogP contribution in [0.25, 0.3) is 78.8 Å². The maximum absolute atomic E-state index is 4.63. The summed E-state index contributed by atoms with van der Waals surface area (Å²) in [6.45, 7) is 6.68. The summed E-state index contributed by atoms with van der Waals surface area (Å²) in [6, 6.07) is 73.1. The highest BCUT2D eigenvalue weighted by Crippen LogP contribution is 2.34. The predicted octanol–water partition coefficient (Wildman–Crippen LogP) is 13.3. The third-order valence-corrected chi connectivity index (χ3v) is 10.7. The molecule has 6 heteroatoms. The van der Waals surface area contributed by atoms with Gasteiger partial charge in [-0.2, -0.15) is 0 Å². The van der Waals surface area contributed by atoms with Gasteiger partial charge in [0.2, 0.25) is 0 Å². The average molecular weight is 777 g/mol. The van der Waals surface area contributed by atoms with Crippen LogP contribution in [0.2, 0.25) is 0 Å². The summed E-state index contributed by atoms with van der Waals surface area (Å²) < 4.78 is 4.30. The van der Waals surface area contributed by atoms with Crippen LogP contribution < -0.4 is 0 Å². The van der Waals surface area contributed by atoms with Gasteiger partial charge in [0.05, 0.1) is 5.69 Å². The zero-order valence-corrected chi connectivity index (χ0v) is 33.9. The minimum Gasteiger partial charge on any atom is -0.275 e. The second-order valence-electron chi connectivity index (χ2n) is 15.7. The number of rotatable bonds is 7. The van der Waals surface area contributed by atoms with Crippen LogP contribution in [-0.4, -0.2) is 29.5 Å². The first-order valence-corrected chi connectivity index (χ1v) is 20.2. The number of nitrogens with zero attached hydrogens (tertiary/aromatic N) is 6. The summed E-state index contributed by atoms with van der Waals surface area (Å²) in [5.74, 6) is 3.34. The molecule has 0 bridgehead atoms. The molecule has 10 rings (SSSR count). The van der Waals surface area contributed by atoms with Gasteiger partial charge in [-0.25, -0.2) is 0 Å². The molecular formula is C54H44N6. The van der Waals surface area contributed by atoms with Crippen molar-refractivity contribution >= 4 is 10.8 Å². The van der Waals surface area contributed by atoms with E-state index < -0.39 is 0 Å². The van der Waals surface area contributed by atoms with E-state index in [-0.39, 0.29) is 5.41 Å². The Morgan fingerprint density at radius 1 is 0.317 bits per heavy atom.